The van der Waals surface area contributed by atoms with Gasteiger partial charge >= 0.3 is 0 Å². The zero-order chi connectivity index (χ0) is 20.4. The summed E-state index contributed by atoms with van der Waals surface area (Å²) in [5.41, 5.74) is 3.11. The van der Waals surface area contributed by atoms with Crippen LogP contribution in [0.3, 0.4) is 0 Å². The normalized spacial score (nSPS) is 19.0. The maximum absolute atomic E-state index is 12.8. The molecule has 1 fully saturated rings. The van der Waals surface area contributed by atoms with E-state index in [0.29, 0.717) is 36.9 Å². The zero-order valence-electron chi connectivity index (χ0n) is 16.5. The first-order valence-electron chi connectivity index (χ1n) is 10.00. The third-order valence-electron chi connectivity index (χ3n) is 5.65. The number of nitrogens with one attached hydrogen (secondary N) is 1. The van der Waals surface area contributed by atoms with Gasteiger partial charge in [0.1, 0.15) is 5.02 Å². The van der Waals surface area contributed by atoms with Gasteiger partial charge in [0.15, 0.2) is 0 Å². The van der Waals surface area contributed by atoms with E-state index in [1.54, 1.807) is 13.1 Å². The Bertz CT molecular complexity index is 969. The van der Waals surface area contributed by atoms with E-state index in [-0.39, 0.29) is 16.5 Å². The number of nitrogens with zero attached hydrogens (tertiary/aromatic N) is 3. The van der Waals surface area contributed by atoms with Crippen molar-refractivity contribution in [2.45, 2.75) is 32.7 Å². The number of hydrogen-bond donors (Lipinski definition) is 1. The number of carbonyl (C=O) groups is 1. The zero-order valence-corrected chi connectivity index (χ0v) is 17.2. The summed E-state index contributed by atoms with van der Waals surface area (Å²) in [5.74, 6) is 0.490. The Morgan fingerprint density at radius 3 is 3.00 bits per heavy atom. The number of amides is 1. The summed E-state index contributed by atoms with van der Waals surface area (Å²) in [4.78, 5) is 26.2. The number of rotatable bonds is 4. The van der Waals surface area contributed by atoms with Gasteiger partial charge in [-0.2, -0.15) is 9.78 Å². The summed E-state index contributed by atoms with van der Waals surface area (Å²) in [5, 5.41) is 7.71. The molecule has 154 valence electrons. The monoisotopic (exact) mass is 416 g/mol. The third kappa shape index (κ3) is 4.31. The molecule has 0 spiro atoms. The lowest BCUT2D eigenvalue weighted by Crippen LogP contribution is -2.34. The minimum absolute atomic E-state index is 0.0762. The van der Waals surface area contributed by atoms with E-state index < -0.39 is 0 Å². The smallest absolute Gasteiger partial charge is 0.292 e. The van der Waals surface area contributed by atoms with E-state index >= 15 is 0 Å². The Hall–Kier alpha value is -2.38. The van der Waals surface area contributed by atoms with Gasteiger partial charge in [0.2, 0.25) is 5.91 Å². The first-order valence-corrected chi connectivity index (χ1v) is 10.4. The molecule has 1 aromatic carbocycles. The minimum Gasteiger partial charge on any atom is -0.382 e. The molecule has 2 aromatic rings. The molecule has 0 radical (unpaired) electrons. The van der Waals surface area contributed by atoms with Crippen LogP contribution < -0.4 is 10.9 Å². The van der Waals surface area contributed by atoms with Gasteiger partial charge in [-0.05, 0) is 48.4 Å². The fraction of sp³-hybridized carbons (Fsp3) is 0.476. The number of aromatic nitrogens is 2. The highest BCUT2D eigenvalue weighted by molar-refractivity contribution is 6.32. The van der Waals surface area contributed by atoms with Crippen LogP contribution in [0.25, 0.3) is 5.69 Å². The van der Waals surface area contributed by atoms with Crippen LogP contribution in [0.2, 0.25) is 5.02 Å². The van der Waals surface area contributed by atoms with Crippen molar-refractivity contribution < 1.29 is 9.53 Å². The van der Waals surface area contributed by atoms with Crippen LogP contribution in [0.4, 0.5) is 5.69 Å². The fourth-order valence-electron chi connectivity index (χ4n) is 3.90. The highest BCUT2D eigenvalue weighted by Gasteiger charge is 2.20. The topological polar surface area (TPSA) is 76.5 Å². The van der Waals surface area contributed by atoms with E-state index in [0.717, 1.165) is 43.6 Å². The Morgan fingerprint density at radius 2 is 2.24 bits per heavy atom. The van der Waals surface area contributed by atoms with Crippen molar-refractivity contribution in [3.8, 4) is 5.69 Å². The summed E-state index contributed by atoms with van der Waals surface area (Å²) in [6.45, 7) is 5.12. The molecule has 0 unspecified atom stereocenters. The second-order valence-corrected chi connectivity index (χ2v) is 8.07. The van der Waals surface area contributed by atoms with E-state index in [9.17, 15) is 9.59 Å². The first-order chi connectivity index (χ1) is 14.0. The molecule has 1 saturated heterocycles. The standard InChI is InChI=1S/C21H25ClN4O3/c1-14(27)25-7-6-16-9-18(5-4-17(16)12-25)26-21(28)20(22)19(11-24-26)23-10-15-3-2-8-29-13-15/h4-5,9,11,15,23H,2-3,6-8,10,12-13H2,1H3/t15-/m1/s1. The first kappa shape index (κ1) is 19.9. The maximum Gasteiger partial charge on any atom is 0.292 e. The van der Waals surface area contributed by atoms with Crippen LogP contribution in [-0.4, -0.2) is 46.9 Å². The van der Waals surface area contributed by atoms with Gasteiger partial charge < -0.3 is 15.0 Å². The molecular formula is C21H25ClN4O3. The Balaban J connectivity index is 1.52. The molecule has 4 rings (SSSR count). The molecule has 2 aliphatic heterocycles. The van der Waals surface area contributed by atoms with Gasteiger partial charge in [0.05, 0.1) is 24.2 Å². The molecular weight excluding hydrogens is 392 g/mol. The molecule has 1 atom stereocenters. The average molecular weight is 417 g/mol. The number of fused-ring (bicyclic) bond motifs is 1. The van der Waals surface area contributed by atoms with Crippen LogP contribution in [0.15, 0.2) is 29.2 Å². The number of anilines is 1. The van der Waals surface area contributed by atoms with Crippen LogP contribution >= 0.6 is 11.6 Å². The predicted octanol–water partition coefficient (Wildman–Crippen LogP) is 2.63. The van der Waals surface area contributed by atoms with Gasteiger partial charge in [-0.25, -0.2) is 0 Å². The maximum atomic E-state index is 12.8. The molecule has 2 aliphatic rings. The number of carbonyl (C=O) groups excluding carboxylic acids is 1. The summed E-state index contributed by atoms with van der Waals surface area (Å²) in [6, 6.07) is 5.76. The van der Waals surface area contributed by atoms with E-state index in [4.69, 9.17) is 16.3 Å². The largest absolute Gasteiger partial charge is 0.382 e. The number of hydrogen-bond acceptors (Lipinski definition) is 5. The van der Waals surface area contributed by atoms with Gasteiger partial charge in [-0.3, -0.25) is 9.59 Å². The van der Waals surface area contributed by atoms with Gasteiger partial charge in [-0.1, -0.05) is 17.7 Å². The van der Waals surface area contributed by atoms with Gasteiger partial charge in [0, 0.05) is 33.2 Å². The SMILES string of the molecule is CC(=O)N1CCc2cc(-n3ncc(NC[C@H]4CCCOC4)c(Cl)c3=O)ccc2C1. The second-order valence-electron chi connectivity index (χ2n) is 7.70. The summed E-state index contributed by atoms with van der Waals surface area (Å²) < 4.78 is 6.82. The average Bonchev–Trinajstić information content (AvgIpc) is 2.74. The molecule has 1 N–H and O–H groups in total. The summed E-state index contributed by atoms with van der Waals surface area (Å²) in [7, 11) is 0. The molecule has 0 aliphatic carbocycles. The molecule has 29 heavy (non-hydrogen) atoms. The molecule has 3 heterocycles. The Morgan fingerprint density at radius 1 is 1.38 bits per heavy atom. The van der Waals surface area contributed by atoms with Gasteiger partial charge in [-0.15, -0.1) is 0 Å². The number of ether oxygens (including phenoxy) is 1. The van der Waals surface area contributed by atoms with E-state index in [1.165, 1.54) is 4.68 Å². The van der Waals surface area contributed by atoms with Crippen LogP contribution in [-0.2, 0) is 22.5 Å². The fourth-order valence-corrected chi connectivity index (χ4v) is 4.10. The molecule has 0 saturated carbocycles. The molecule has 1 amide bonds. The lowest BCUT2D eigenvalue weighted by molar-refractivity contribution is -0.129. The minimum atomic E-state index is -0.349. The van der Waals surface area contributed by atoms with E-state index in [2.05, 4.69) is 10.4 Å². The Labute approximate surface area is 174 Å². The molecule has 7 nitrogen and oxygen atoms in total. The second kappa shape index (κ2) is 8.55. The van der Waals surface area contributed by atoms with Crippen LogP contribution in [0.5, 0.6) is 0 Å². The van der Waals surface area contributed by atoms with Crippen LogP contribution in [0, 0.1) is 5.92 Å². The van der Waals surface area contributed by atoms with Crippen molar-refractivity contribution in [3.63, 3.8) is 0 Å². The van der Waals surface area contributed by atoms with E-state index in [1.807, 2.05) is 23.1 Å². The van der Waals surface area contributed by atoms with Crippen molar-refractivity contribution in [2.75, 3.05) is 31.6 Å². The number of benzene rings is 1. The van der Waals surface area contributed by atoms with Crippen molar-refractivity contribution in [1.29, 1.82) is 0 Å². The summed E-state index contributed by atoms with van der Waals surface area (Å²) >= 11 is 6.35. The highest BCUT2D eigenvalue weighted by atomic mass is 35.5. The predicted molar refractivity (Wildman–Crippen MR) is 112 cm³/mol. The molecule has 8 heteroatoms. The quantitative estimate of drug-likeness (QED) is 0.829. The highest BCUT2D eigenvalue weighted by Crippen LogP contribution is 2.23. The van der Waals surface area contributed by atoms with Crippen molar-refractivity contribution in [1.82, 2.24) is 14.7 Å². The van der Waals surface area contributed by atoms with Gasteiger partial charge in [0.25, 0.3) is 5.56 Å². The third-order valence-corrected chi connectivity index (χ3v) is 6.01. The Kier molecular flexibility index (Phi) is 5.87. The lowest BCUT2D eigenvalue weighted by atomic mass is 9.99. The number of halogens is 1. The van der Waals surface area contributed by atoms with Crippen molar-refractivity contribution in [3.05, 3.63) is 50.9 Å². The van der Waals surface area contributed by atoms with Crippen molar-refractivity contribution >= 4 is 23.2 Å². The molecule has 0 bridgehead atoms. The molecule has 1 aromatic heterocycles. The van der Waals surface area contributed by atoms with Crippen molar-refractivity contribution in [2.24, 2.45) is 5.92 Å². The van der Waals surface area contributed by atoms with Crippen LogP contribution in [0.1, 0.15) is 30.9 Å². The summed E-state index contributed by atoms with van der Waals surface area (Å²) in [6.07, 6.45) is 4.52. The lowest BCUT2D eigenvalue weighted by Gasteiger charge is -2.28.